The summed E-state index contributed by atoms with van der Waals surface area (Å²) in [7, 11) is -3.97. The average Bonchev–Trinajstić information content (AvgIpc) is 2.53. The first-order valence-corrected chi connectivity index (χ1v) is 6.45. The summed E-state index contributed by atoms with van der Waals surface area (Å²) in [4.78, 5) is 3.53. The van der Waals surface area contributed by atoms with Crippen molar-refractivity contribution in [3.8, 4) is 0 Å². The Balaban J connectivity index is 2.50. The third-order valence-corrected chi connectivity index (χ3v) is 4.41. The number of halogens is 4. The number of rotatable bonds is 1. The SMILES string of the molecule is O=S1(=O)C(Cl)=CN=C1c1cccc(C(F)(F)F)c1. The summed E-state index contributed by atoms with van der Waals surface area (Å²) in [6.07, 6.45) is -3.65. The molecule has 0 N–H and O–H groups in total. The number of alkyl halides is 3. The molecule has 0 aliphatic carbocycles. The van der Waals surface area contributed by atoms with Crippen molar-refractivity contribution in [3.63, 3.8) is 0 Å². The monoisotopic (exact) mass is 295 g/mol. The fraction of sp³-hybridized carbons (Fsp3) is 0.100. The number of aliphatic imine (C=N–C) groups is 1. The van der Waals surface area contributed by atoms with E-state index in [2.05, 4.69) is 4.99 Å². The maximum absolute atomic E-state index is 12.5. The van der Waals surface area contributed by atoms with Crippen molar-refractivity contribution in [2.24, 2.45) is 4.99 Å². The van der Waals surface area contributed by atoms with Crippen molar-refractivity contribution >= 4 is 26.5 Å². The normalized spacial score (nSPS) is 18.4. The molecule has 0 saturated heterocycles. The predicted octanol–water partition coefficient (Wildman–Crippen LogP) is 2.92. The van der Waals surface area contributed by atoms with Crippen molar-refractivity contribution < 1.29 is 21.6 Å². The molecular weight excluding hydrogens is 291 g/mol. The minimum atomic E-state index is -4.55. The second kappa shape index (κ2) is 4.10. The zero-order chi connectivity index (χ0) is 13.6. The van der Waals surface area contributed by atoms with Gasteiger partial charge in [-0.1, -0.05) is 23.7 Å². The van der Waals surface area contributed by atoms with Gasteiger partial charge in [-0.05, 0) is 12.1 Å². The van der Waals surface area contributed by atoms with Gasteiger partial charge >= 0.3 is 6.18 Å². The maximum atomic E-state index is 12.5. The summed E-state index contributed by atoms with van der Waals surface area (Å²) >= 11 is 5.41. The molecule has 3 nitrogen and oxygen atoms in total. The molecule has 8 heteroatoms. The van der Waals surface area contributed by atoms with E-state index in [0.29, 0.717) is 0 Å². The van der Waals surface area contributed by atoms with E-state index in [4.69, 9.17) is 11.6 Å². The molecule has 1 aliphatic heterocycles. The Morgan fingerprint density at radius 3 is 2.39 bits per heavy atom. The number of hydrogen-bond acceptors (Lipinski definition) is 3. The lowest BCUT2D eigenvalue weighted by Crippen LogP contribution is -2.14. The molecule has 0 saturated carbocycles. The Hall–Kier alpha value is -1.34. The minimum absolute atomic E-state index is 0.142. The molecule has 0 radical (unpaired) electrons. The second-order valence-corrected chi connectivity index (χ2v) is 5.91. The van der Waals surface area contributed by atoms with Crippen molar-refractivity contribution in [1.82, 2.24) is 0 Å². The van der Waals surface area contributed by atoms with Crippen LogP contribution < -0.4 is 0 Å². The van der Waals surface area contributed by atoms with Crippen molar-refractivity contribution in [2.75, 3.05) is 0 Å². The predicted molar refractivity (Wildman–Crippen MR) is 60.8 cm³/mol. The topological polar surface area (TPSA) is 46.5 Å². The summed E-state index contributed by atoms with van der Waals surface area (Å²) in [6.45, 7) is 0. The van der Waals surface area contributed by atoms with E-state index < -0.39 is 31.0 Å². The third-order valence-electron chi connectivity index (χ3n) is 2.23. The molecule has 2 rings (SSSR count). The van der Waals surface area contributed by atoms with Gasteiger partial charge in [-0.3, -0.25) is 0 Å². The standard InChI is InChI=1S/C10H5ClF3NO2S/c11-8-5-15-9(18(8,16)17)6-2-1-3-7(4-6)10(12,13)14/h1-5H. The molecule has 18 heavy (non-hydrogen) atoms. The largest absolute Gasteiger partial charge is 0.416 e. The van der Waals surface area contributed by atoms with Crippen LogP contribution in [0.2, 0.25) is 0 Å². The van der Waals surface area contributed by atoms with Crippen LogP contribution in [0.25, 0.3) is 0 Å². The Labute approximate surface area is 106 Å². The van der Waals surface area contributed by atoms with Gasteiger partial charge in [0.15, 0.2) is 9.41 Å². The molecule has 0 amide bonds. The van der Waals surface area contributed by atoms with Crippen molar-refractivity contribution in [2.45, 2.75) is 6.18 Å². The fourth-order valence-corrected chi connectivity index (χ4v) is 2.67. The molecule has 0 fully saturated rings. The first-order valence-electron chi connectivity index (χ1n) is 4.59. The molecule has 1 aromatic carbocycles. The maximum Gasteiger partial charge on any atom is 0.416 e. The molecule has 0 aromatic heterocycles. The molecule has 1 aliphatic rings. The molecule has 1 aromatic rings. The highest BCUT2D eigenvalue weighted by molar-refractivity contribution is 8.11. The van der Waals surface area contributed by atoms with E-state index in [1.165, 1.54) is 6.07 Å². The summed E-state index contributed by atoms with van der Waals surface area (Å²) in [5, 5.41) is -0.474. The van der Waals surface area contributed by atoms with Gasteiger partial charge in [0.1, 0.15) is 0 Å². The quantitative estimate of drug-likeness (QED) is 0.800. The fourth-order valence-electron chi connectivity index (χ4n) is 1.40. The molecule has 0 atom stereocenters. The second-order valence-electron chi connectivity index (χ2n) is 3.45. The molecule has 0 unspecified atom stereocenters. The van der Waals surface area contributed by atoms with Gasteiger partial charge in [-0.15, -0.1) is 0 Å². The van der Waals surface area contributed by atoms with Gasteiger partial charge in [0.05, 0.1) is 11.8 Å². The highest BCUT2D eigenvalue weighted by Gasteiger charge is 2.34. The van der Waals surface area contributed by atoms with Crippen LogP contribution >= 0.6 is 11.6 Å². The summed E-state index contributed by atoms with van der Waals surface area (Å²) in [5.41, 5.74) is -1.09. The van der Waals surface area contributed by atoms with E-state index in [9.17, 15) is 21.6 Å². The van der Waals surface area contributed by atoms with Crippen LogP contribution in [0, 0.1) is 0 Å². The molecular formula is C10H5ClF3NO2S. The van der Waals surface area contributed by atoms with E-state index in [-0.39, 0.29) is 5.56 Å². The zero-order valence-corrected chi connectivity index (χ0v) is 10.1. The Morgan fingerprint density at radius 1 is 1.22 bits per heavy atom. The highest BCUT2D eigenvalue weighted by atomic mass is 35.5. The highest BCUT2D eigenvalue weighted by Crippen LogP contribution is 2.31. The van der Waals surface area contributed by atoms with Crippen molar-refractivity contribution in [3.05, 3.63) is 46.0 Å². The Bertz CT molecular complexity index is 662. The lowest BCUT2D eigenvalue weighted by molar-refractivity contribution is -0.137. The number of hydrogen-bond donors (Lipinski definition) is 0. The van der Waals surface area contributed by atoms with E-state index in [1.54, 1.807) is 0 Å². The average molecular weight is 296 g/mol. The molecule has 96 valence electrons. The number of benzene rings is 1. The van der Waals surface area contributed by atoms with Crippen LogP contribution in [0.3, 0.4) is 0 Å². The van der Waals surface area contributed by atoms with Crippen LogP contribution in [-0.2, 0) is 16.0 Å². The Morgan fingerprint density at radius 2 is 1.89 bits per heavy atom. The van der Waals surface area contributed by atoms with Crippen LogP contribution in [0.15, 0.2) is 39.8 Å². The third kappa shape index (κ3) is 2.15. The van der Waals surface area contributed by atoms with E-state index >= 15 is 0 Å². The lowest BCUT2D eigenvalue weighted by atomic mass is 10.1. The van der Waals surface area contributed by atoms with Crippen molar-refractivity contribution in [1.29, 1.82) is 0 Å². The first-order chi connectivity index (χ1) is 8.23. The van der Waals surface area contributed by atoms with Gasteiger partial charge in [-0.25, -0.2) is 13.4 Å². The van der Waals surface area contributed by atoms with Gasteiger partial charge in [0.2, 0.25) is 9.84 Å². The lowest BCUT2D eigenvalue weighted by Gasteiger charge is -2.08. The van der Waals surface area contributed by atoms with Gasteiger partial charge in [-0.2, -0.15) is 13.2 Å². The zero-order valence-electron chi connectivity index (χ0n) is 8.57. The van der Waals surface area contributed by atoms with Crippen LogP contribution in [0.4, 0.5) is 13.2 Å². The molecule has 0 bridgehead atoms. The minimum Gasteiger partial charge on any atom is -0.241 e. The summed E-state index contributed by atoms with van der Waals surface area (Å²) in [6, 6.07) is 3.91. The van der Waals surface area contributed by atoms with Gasteiger partial charge in [0, 0.05) is 5.56 Å². The molecule has 1 heterocycles. The smallest absolute Gasteiger partial charge is 0.241 e. The Kier molecular flexibility index (Phi) is 2.98. The van der Waals surface area contributed by atoms with Gasteiger partial charge < -0.3 is 0 Å². The molecule has 0 spiro atoms. The van der Waals surface area contributed by atoms with Gasteiger partial charge in [0.25, 0.3) is 0 Å². The van der Waals surface area contributed by atoms with Crippen LogP contribution in [-0.4, -0.2) is 13.5 Å². The van der Waals surface area contributed by atoms with Crippen LogP contribution in [0.5, 0.6) is 0 Å². The first kappa shape index (κ1) is 13.1. The van der Waals surface area contributed by atoms with Crippen LogP contribution in [0.1, 0.15) is 11.1 Å². The summed E-state index contributed by atoms with van der Waals surface area (Å²) in [5.74, 6) is 0. The van der Waals surface area contributed by atoms with E-state index in [0.717, 1.165) is 24.4 Å². The summed E-state index contributed by atoms with van der Waals surface area (Å²) < 4.78 is 60.3. The van der Waals surface area contributed by atoms with E-state index in [1.807, 2.05) is 0 Å². The number of sulfone groups is 1. The number of nitrogens with zero attached hydrogens (tertiary/aromatic N) is 1.